The van der Waals surface area contributed by atoms with Gasteiger partial charge in [-0.1, -0.05) is 13.8 Å². The third-order valence-corrected chi connectivity index (χ3v) is 3.69. The van der Waals surface area contributed by atoms with E-state index in [0.717, 1.165) is 23.2 Å². The lowest BCUT2D eigenvalue weighted by molar-refractivity contribution is 0.262. The molecule has 3 aromatic heterocycles. The summed E-state index contributed by atoms with van der Waals surface area (Å²) >= 11 is 0. The predicted molar refractivity (Wildman–Crippen MR) is 93.0 cm³/mol. The molecule has 0 aliphatic rings. The molecule has 8 nitrogen and oxygen atoms in total. The molecule has 0 bridgehead atoms. The van der Waals surface area contributed by atoms with Gasteiger partial charge in [0.1, 0.15) is 5.82 Å². The number of rotatable bonds is 4. The number of carbonyl (C=O) groups excluding carboxylic acids is 1. The molecule has 3 aromatic rings. The standard InChI is InChI=1S/C16H21N7O/c1-9(2)8-12-11(6-5-7-17-12)18-16(24)19-14-13-10(3)22-23(4)15(13)21-20-14/h5-7,9H,8H2,1-4H3,(H3,18,19,20,21,24). The highest BCUT2D eigenvalue weighted by atomic mass is 16.2. The molecule has 2 amide bonds. The van der Waals surface area contributed by atoms with E-state index in [9.17, 15) is 4.79 Å². The summed E-state index contributed by atoms with van der Waals surface area (Å²) in [7, 11) is 1.81. The quantitative estimate of drug-likeness (QED) is 0.686. The van der Waals surface area contributed by atoms with Crippen LogP contribution in [0.1, 0.15) is 25.2 Å². The molecular formula is C16H21N7O. The van der Waals surface area contributed by atoms with E-state index in [-0.39, 0.29) is 6.03 Å². The van der Waals surface area contributed by atoms with E-state index in [1.165, 1.54) is 0 Å². The van der Waals surface area contributed by atoms with Crippen LogP contribution in [0.5, 0.6) is 0 Å². The number of aryl methyl sites for hydroxylation is 2. The highest BCUT2D eigenvalue weighted by molar-refractivity contribution is 6.04. The minimum absolute atomic E-state index is 0.346. The van der Waals surface area contributed by atoms with E-state index in [4.69, 9.17) is 0 Å². The zero-order valence-corrected chi connectivity index (χ0v) is 14.2. The van der Waals surface area contributed by atoms with Crippen molar-refractivity contribution in [2.45, 2.75) is 27.2 Å². The number of H-pyrrole nitrogens is 1. The zero-order chi connectivity index (χ0) is 17.3. The maximum Gasteiger partial charge on any atom is 0.324 e. The molecule has 3 N–H and O–H groups in total. The Kier molecular flexibility index (Phi) is 4.20. The maximum absolute atomic E-state index is 12.4. The molecule has 0 atom stereocenters. The Morgan fingerprint density at radius 3 is 2.92 bits per heavy atom. The third-order valence-electron chi connectivity index (χ3n) is 3.69. The van der Waals surface area contributed by atoms with Gasteiger partial charge in [0.25, 0.3) is 0 Å². The van der Waals surface area contributed by atoms with Crippen molar-refractivity contribution in [1.82, 2.24) is 25.0 Å². The highest BCUT2D eigenvalue weighted by Gasteiger charge is 2.16. The van der Waals surface area contributed by atoms with Crippen LogP contribution in [0, 0.1) is 12.8 Å². The number of anilines is 2. The van der Waals surface area contributed by atoms with Gasteiger partial charge < -0.3 is 5.32 Å². The van der Waals surface area contributed by atoms with Crippen LogP contribution in [0.4, 0.5) is 16.3 Å². The van der Waals surface area contributed by atoms with E-state index in [2.05, 4.69) is 44.8 Å². The van der Waals surface area contributed by atoms with Crippen LogP contribution in [-0.4, -0.2) is 31.0 Å². The van der Waals surface area contributed by atoms with Crippen LogP contribution >= 0.6 is 0 Å². The van der Waals surface area contributed by atoms with Crippen molar-refractivity contribution in [1.29, 1.82) is 0 Å². The number of pyridine rings is 1. The van der Waals surface area contributed by atoms with Crippen LogP contribution in [0.3, 0.4) is 0 Å². The molecule has 24 heavy (non-hydrogen) atoms. The van der Waals surface area contributed by atoms with Gasteiger partial charge in [-0.25, -0.2) is 9.48 Å². The Balaban J connectivity index is 1.78. The van der Waals surface area contributed by atoms with Crippen molar-refractivity contribution in [2.75, 3.05) is 10.6 Å². The number of hydrogen-bond donors (Lipinski definition) is 3. The minimum Gasteiger partial charge on any atom is -0.306 e. The summed E-state index contributed by atoms with van der Waals surface area (Å²) in [5.41, 5.74) is 3.08. The molecule has 0 saturated carbocycles. The summed E-state index contributed by atoms with van der Waals surface area (Å²) in [6, 6.07) is 3.31. The Bertz CT molecular complexity index is 878. The first-order valence-corrected chi connectivity index (χ1v) is 7.85. The van der Waals surface area contributed by atoms with E-state index < -0.39 is 0 Å². The second-order valence-electron chi connectivity index (χ2n) is 6.18. The number of nitrogens with one attached hydrogen (secondary N) is 3. The largest absolute Gasteiger partial charge is 0.324 e. The Hall–Kier alpha value is -2.90. The van der Waals surface area contributed by atoms with E-state index in [1.807, 2.05) is 20.0 Å². The van der Waals surface area contributed by atoms with Gasteiger partial charge in [-0.05, 0) is 31.4 Å². The van der Waals surface area contributed by atoms with Crippen molar-refractivity contribution in [3.63, 3.8) is 0 Å². The molecule has 3 heterocycles. The number of aromatic amines is 1. The molecule has 126 valence electrons. The first-order valence-electron chi connectivity index (χ1n) is 7.85. The predicted octanol–water partition coefficient (Wildman–Crippen LogP) is 2.84. The van der Waals surface area contributed by atoms with Crippen molar-refractivity contribution in [2.24, 2.45) is 13.0 Å². The van der Waals surface area contributed by atoms with E-state index in [1.54, 1.807) is 16.9 Å². The summed E-state index contributed by atoms with van der Waals surface area (Å²) in [5, 5.41) is 17.8. The molecule has 0 radical (unpaired) electrons. The minimum atomic E-state index is -0.346. The molecule has 8 heteroatoms. The first-order chi connectivity index (χ1) is 11.5. The molecule has 0 aliphatic carbocycles. The number of fused-ring (bicyclic) bond motifs is 1. The average Bonchev–Trinajstić information content (AvgIpc) is 3.03. The fourth-order valence-corrected chi connectivity index (χ4v) is 2.69. The molecule has 0 fully saturated rings. The molecule has 0 aliphatic heterocycles. The highest BCUT2D eigenvalue weighted by Crippen LogP contribution is 2.23. The molecule has 0 aromatic carbocycles. The van der Waals surface area contributed by atoms with Crippen molar-refractivity contribution in [3.8, 4) is 0 Å². The lowest BCUT2D eigenvalue weighted by Crippen LogP contribution is -2.21. The monoisotopic (exact) mass is 327 g/mol. The fourth-order valence-electron chi connectivity index (χ4n) is 2.69. The van der Waals surface area contributed by atoms with Crippen LogP contribution in [0.25, 0.3) is 11.0 Å². The molecule has 0 unspecified atom stereocenters. The Labute approximate surface area is 139 Å². The lowest BCUT2D eigenvalue weighted by Gasteiger charge is -2.12. The molecule has 3 rings (SSSR count). The summed E-state index contributed by atoms with van der Waals surface area (Å²) in [5.74, 6) is 0.983. The summed E-state index contributed by atoms with van der Waals surface area (Å²) in [6.07, 6.45) is 2.53. The van der Waals surface area contributed by atoms with Gasteiger partial charge in [-0.2, -0.15) is 10.2 Å². The Morgan fingerprint density at radius 1 is 1.38 bits per heavy atom. The molecule has 0 saturated heterocycles. The fraction of sp³-hybridized carbons (Fsp3) is 0.375. The molecular weight excluding hydrogens is 306 g/mol. The van der Waals surface area contributed by atoms with Crippen molar-refractivity contribution in [3.05, 3.63) is 29.7 Å². The Morgan fingerprint density at radius 2 is 2.17 bits per heavy atom. The van der Waals surface area contributed by atoms with Gasteiger partial charge in [0.05, 0.1) is 22.5 Å². The van der Waals surface area contributed by atoms with Gasteiger partial charge in [0, 0.05) is 13.2 Å². The first kappa shape index (κ1) is 16.0. The molecule has 0 spiro atoms. The van der Waals surface area contributed by atoms with E-state index >= 15 is 0 Å². The smallest absolute Gasteiger partial charge is 0.306 e. The van der Waals surface area contributed by atoms with Crippen molar-refractivity contribution < 1.29 is 4.79 Å². The number of amides is 2. The summed E-state index contributed by atoms with van der Waals surface area (Å²) in [6.45, 7) is 6.11. The topological polar surface area (TPSA) is 101 Å². The summed E-state index contributed by atoms with van der Waals surface area (Å²) < 4.78 is 1.67. The van der Waals surface area contributed by atoms with Gasteiger partial charge in [0.15, 0.2) is 5.65 Å². The van der Waals surface area contributed by atoms with Crippen LogP contribution < -0.4 is 10.6 Å². The maximum atomic E-state index is 12.4. The van der Waals surface area contributed by atoms with Crippen molar-refractivity contribution >= 4 is 28.6 Å². The third kappa shape index (κ3) is 3.08. The second-order valence-corrected chi connectivity index (χ2v) is 6.18. The van der Waals surface area contributed by atoms with Crippen LogP contribution in [0.2, 0.25) is 0 Å². The second kappa shape index (κ2) is 6.31. The van der Waals surface area contributed by atoms with Crippen LogP contribution in [0.15, 0.2) is 18.3 Å². The van der Waals surface area contributed by atoms with E-state index in [0.29, 0.717) is 23.1 Å². The number of hydrogen-bond acceptors (Lipinski definition) is 4. The number of urea groups is 1. The normalized spacial score (nSPS) is 11.2. The van der Waals surface area contributed by atoms with Gasteiger partial charge in [0.2, 0.25) is 0 Å². The van der Waals surface area contributed by atoms with Gasteiger partial charge in [-0.15, -0.1) is 0 Å². The number of nitrogens with zero attached hydrogens (tertiary/aromatic N) is 4. The number of carbonyl (C=O) groups is 1. The van der Waals surface area contributed by atoms with Crippen LogP contribution in [-0.2, 0) is 13.5 Å². The van der Waals surface area contributed by atoms with Gasteiger partial charge in [-0.3, -0.25) is 15.4 Å². The van der Waals surface area contributed by atoms with Gasteiger partial charge >= 0.3 is 6.03 Å². The summed E-state index contributed by atoms with van der Waals surface area (Å²) in [4.78, 5) is 16.7. The SMILES string of the molecule is Cc1nn(C)c2n[nH]c(NC(=O)Nc3cccnc3CC(C)C)c12. The number of aromatic nitrogens is 5. The zero-order valence-electron chi connectivity index (χ0n) is 14.2. The average molecular weight is 327 g/mol. The lowest BCUT2D eigenvalue weighted by atomic mass is 10.1.